The van der Waals surface area contributed by atoms with Crippen LogP contribution in [-0.2, 0) is 11.0 Å². The van der Waals surface area contributed by atoms with Gasteiger partial charge < -0.3 is 0 Å². The summed E-state index contributed by atoms with van der Waals surface area (Å²) in [5, 5.41) is 0.569. The van der Waals surface area contributed by atoms with Gasteiger partial charge in [-0.1, -0.05) is 25.7 Å². The van der Waals surface area contributed by atoms with Crippen LogP contribution in [-0.4, -0.2) is 20.9 Å². The van der Waals surface area contributed by atoms with Gasteiger partial charge in [-0.05, 0) is 25.7 Å². The zero-order valence-electron chi connectivity index (χ0n) is 9.08. The van der Waals surface area contributed by atoms with E-state index in [4.69, 9.17) is 11.6 Å². The third-order valence-corrected chi connectivity index (χ3v) is 5.69. The van der Waals surface area contributed by atoms with E-state index in [1.165, 1.54) is 25.7 Å². The highest BCUT2D eigenvalue weighted by Gasteiger charge is 2.28. The number of nitrogens with one attached hydrogen (secondary N) is 1. The monoisotopic (exact) mass is 249 g/mol. The Bertz CT molecular complexity index is 231. The van der Waals surface area contributed by atoms with Crippen LogP contribution >= 0.6 is 11.6 Å². The molecule has 0 saturated heterocycles. The van der Waals surface area contributed by atoms with Gasteiger partial charge >= 0.3 is 0 Å². The van der Waals surface area contributed by atoms with Crippen molar-refractivity contribution in [3.8, 4) is 0 Å². The fourth-order valence-electron chi connectivity index (χ4n) is 2.57. The van der Waals surface area contributed by atoms with Gasteiger partial charge in [0.25, 0.3) is 0 Å². The molecule has 3 unspecified atom stereocenters. The maximum atomic E-state index is 12.0. The minimum Gasteiger partial charge on any atom is -0.243 e. The van der Waals surface area contributed by atoms with Crippen LogP contribution in [0.25, 0.3) is 0 Å². The van der Waals surface area contributed by atoms with Crippen molar-refractivity contribution >= 4 is 22.6 Å². The molecule has 0 aromatic heterocycles. The van der Waals surface area contributed by atoms with Crippen molar-refractivity contribution in [1.29, 1.82) is 0 Å². The fraction of sp³-hybridized carbons (Fsp3) is 1.00. The predicted molar refractivity (Wildman–Crippen MR) is 65.4 cm³/mol. The van der Waals surface area contributed by atoms with Crippen molar-refractivity contribution in [3.63, 3.8) is 0 Å². The average molecular weight is 250 g/mol. The molecule has 88 valence electrons. The van der Waals surface area contributed by atoms with Gasteiger partial charge in [0.2, 0.25) is 0 Å². The van der Waals surface area contributed by atoms with E-state index in [2.05, 4.69) is 4.72 Å². The molecule has 0 radical (unpaired) electrons. The maximum Gasteiger partial charge on any atom is 0.0950 e. The topological polar surface area (TPSA) is 29.1 Å². The van der Waals surface area contributed by atoms with Gasteiger partial charge in [-0.2, -0.15) is 0 Å². The number of alkyl halides is 1. The van der Waals surface area contributed by atoms with Crippen molar-refractivity contribution in [3.05, 3.63) is 0 Å². The number of halogens is 1. The van der Waals surface area contributed by atoms with E-state index < -0.39 is 11.0 Å². The molecule has 2 fully saturated rings. The van der Waals surface area contributed by atoms with Gasteiger partial charge in [0.05, 0.1) is 11.0 Å². The van der Waals surface area contributed by atoms with E-state index in [1.54, 1.807) is 0 Å². The molecular formula is C11H20ClNOS. The van der Waals surface area contributed by atoms with E-state index in [0.717, 1.165) is 25.7 Å². The van der Waals surface area contributed by atoms with E-state index in [0.29, 0.717) is 5.25 Å². The highest BCUT2D eigenvalue weighted by atomic mass is 35.5. The SMILES string of the molecule is O=S(NC1CCCCC1Cl)C1CCCC1. The molecule has 0 aromatic carbocycles. The molecule has 2 rings (SSSR count). The normalized spacial score (nSPS) is 35.5. The van der Waals surface area contributed by atoms with Gasteiger partial charge in [-0.15, -0.1) is 11.6 Å². The minimum atomic E-state index is -0.848. The summed E-state index contributed by atoms with van der Waals surface area (Å²) in [5.41, 5.74) is 0. The Hall–Kier alpha value is 0.400. The molecule has 2 saturated carbocycles. The Kier molecular flexibility index (Phi) is 4.47. The first-order valence-corrected chi connectivity index (χ1v) is 7.73. The summed E-state index contributed by atoms with van der Waals surface area (Å²) >= 11 is 6.24. The Morgan fingerprint density at radius 2 is 1.60 bits per heavy atom. The largest absolute Gasteiger partial charge is 0.243 e. The lowest BCUT2D eigenvalue weighted by Gasteiger charge is -2.28. The molecule has 0 heterocycles. The molecule has 1 N–H and O–H groups in total. The summed E-state index contributed by atoms with van der Waals surface area (Å²) in [7, 11) is -0.848. The van der Waals surface area contributed by atoms with E-state index in [-0.39, 0.29) is 11.4 Å². The Balaban J connectivity index is 1.81. The third-order valence-electron chi connectivity index (χ3n) is 3.55. The summed E-state index contributed by atoms with van der Waals surface area (Å²) in [4.78, 5) is 0. The van der Waals surface area contributed by atoms with Gasteiger partial charge in [0.15, 0.2) is 0 Å². The molecule has 0 aliphatic heterocycles. The summed E-state index contributed by atoms with van der Waals surface area (Å²) in [6.45, 7) is 0. The highest BCUT2D eigenvalue weighted by molar-refractivity contribution is 7.83. The van der Waals surface area contributed by atoms with Crippen molar-refractivity contribution in [2.75, 3.05) is 0 Å². The molecule has 4 heteroatoms. The summed E-state index contributed by atoms with van der Waals surface area (Å²) in [6.07, 6.45) is 9.34. The molecular weight excluding hydrogens is 230 g/mol. The van der Waals surface area contributed by atoms with Crippen molar-refractivity contribution < 1.29 is 4.21 Å². The van der Waals surface area contributed by atoms with Crippen molar-refractivity contribution in [2.45, 2.75) is 68.0 Å². The van der Waals surface area contributed by atoms with Crippen LogP contribution in [0.2, 0.25) is 0 Å². The van der Waals surface area contributed by atoms with Crippen LogP contribution < -0.4 is 4.72 Å². The molecule has 2 aliphatic rings. The zero-order valence-corrected chi connectivity index (χ0v) is 10.7. The third kappa shape index (κ3) is 3.18. The smallest absolute Gasteiger partial charge is 0.0950 e. The molecule has 3 atom stereocenters. The standard InChI is InChI=1S/C11H20ClNOS/c12-10-7-3-4-8-11(10)13-15(14)9-5-1-2-6-9/h9-11,13H,1-8H2. The fourth-order valence-corrected chi connectivity index (χ4v) is 4.52. The predicted octanol–water partition coefficient (Wildman–Crippen LogP) is 2.73. The second kappa shape index (κ2) is 5.65. The Morgan fingerprint density at radius 3 is 2.27 bits per heavy atom. The van der Waals surface area contributed by atoms with Crippen LogP contribution in [0, 0.1) is 0 Å². The Morgan fingerprint density at radius 1 is 1.00 bits per heavy atom. The van der Waals surface area contributed by atoms with Crippen LogP contribution in [0.1, 0.15) is 51.4 Å². The first-order valence-electron chi connectivity index (χ1n) is 6.08. The lowest BCUT2D eigenvalue weighted by Crippen LogP contribution is -2.42. The lowest BCUT2D eigenvalue weighted by molar-refractivity contribution is 0.424. The maximum absolute atomic E-state index is 12.0. The van der Waals surface area contributed by atoms with Crippen LogP contribution in [0.3, 0.4) is 0 Å². The van der Waals surface area contributed by atoms with Crippen LogP contribution in [0.5, 0.6) is 0 Å². The molecule has 0 amide bonds. The molecule has 0 bridgehead atoms. The average Bonchev–Trinajstić information content (AvgIpc) is 2.74. The van der Waals surface area contributed by atoms with E-state index >= 15 is 0 Å². The molecule has 0 aromatic rings. The van der Waals surface area contributed by atoms with Gasteiger partial charge in [0, 0.05) is 16.7 Å². The van der Waals surface area contributed by atoms with Crippen LogP contribution in [0.15, 0.2) is 0 Å². The lowest BCUT2D eigenvalue weighted by atomic mass is 9.96. The van der Waals surface area contributed by atoms with Gasteiger partial charge in [-0.3, -0.25) is 0 Å². The second-order valence-corrected chi connectivity index (χ2v) is 6.79. The van der Waals surface area contributed by atoms with Gasteiger partial charge in [-0.25, -0.2) is 8.93 Å². The number of hydrogen-bond donors (Lipinski definition) is 1. The molecule has 2 aliphatic carbocycles. The van der Waals surface area contributed by atoms with E-state index in [1.807, 2.05) is 0 Å². The Labute approximate surface area is 99.7 Å². The summed E-state index contributed by atoms with van der Waals surface area (Å²) in [5.74, 6) is 0. The molecule has 0 spiro atoms. The molecule has 2 nitrogen and oxygen atoms in total. The number of hydrogen-bond acceptors (Lipinski definition) is 1. The van der Waals surface area contributed by atoms with E-state index in [9.17, 15) is 4.21 Å². The van der Waals surface area contributed by atoms with Crippen LogP contribution in [0.4, 0.5) is 0 Å². The van der Waals surface area contributed by atoms with Gasteiger partial charge in [0.1, 0.15) is 0 Å². The quantitative estimate of drug-likeness (QED) is 0.766. The number of rotatable bonds is 3. The summed E-state index contributed by atoms with van der Waals surface area (Å²) in [6, 6.07) is 0.279. The summed E-state index contributed by atoms with van der Waals surface area (Å²) < 4.78 is 15.3. The first kappa shape index (κ1) is 11.9. The van der Waals surface area contributed by atoms with Crippen molar-refractivity contribution in [2.24, 2.45) is 0 Å². The van der Waals surface area contributed by atoms with Crippen molar-refractivity contribution in [1.82, 2.24) is 4.72 Å². The minimum absolute atomic E-state index is 0.184. The molecule has 15 heavy (non-hydrogen) atoms. The first-order chi connectivity index (χ1) is 7.27. The second-order valence-electron chi connectivity index (χ2n) is 4.73. The highest BCUT2D eigenvalue weighted by Crippen LogP contribution is 2.26. The zero-order chi connectivity index (χ0) is 10.7.